The SMILES string of the molecule is COc1ccc(N(C)S(=O)(=O)N(C)CCCN)cc1. The first-order valence-electron chi connectivity index (χ1n) is 5.97. The Labute approximate surface area is 114 Å². The fraction of sp³-hybridized carbons (Fsp3) is 0.500. The minimum Gasteiger partial charge on any atom is -0.497 e. The molecule has 0 aliphatic heterocycles. The zero-order valence-electron chi connectivity index (χ0n) is 11.5. The average Bonchev–Trinajstić information content (AvgIpc) is 2.43. The fourth-order valence-electron chi connectivity index (χ4n) is 1.56. The third kappa shape index (κ3) is 3.82. The van der Waals surface area contributed by atoms with Gasteiger partial charge < -0.3 is 10.5 Å². The molecular formula is C12H21N3O3S. The van der Waals surface area contributed by atoms with E-state index in [-0.39, 0.29) is 0 Å². The summed E-state index contributed by atoms with van der Waals surface area (Å²) < 4.78 is 32.1. The van der Waals surface area contributed by atoms with Crippen molar-refractivity contribution in [2.45, 2.75) is 6.42 Å². The van der Waals surface area contributed by atoms with E-state index in [4.69, 9.17) is 10.5 Å². The highest BCUT2D eigenvalue weighted by atomic mass is 32.2. The minimum atomic E-state index is -3.51. The van der Waals surface area contributed by atoms with Crippen LogP contribution in [0.5, 0.6) is 5.75 Å². The maximum absolute atomic E-state index is 12.3. The van der Waals surface area contributed by atoms with Gasteiger partial charge >= 0.3 is 10.2 Å². The smallest absolute Gasteiger partial charge is 0.303 e. The predicted molar refractivity (Wildman–Crippen MR) is 76.6 cm³/mol. The van der Waals surface area contributed by atoms with Crippen LogP contribution < -0.4 is 14.8 Å². The highest BCUT2D eigenvalue weighted by molar-refractivity contribution is 7.90. The molecule has 0 spiro atoms. The van der Waals surface area contributed by atoms with Crippen LogP contribution in [0.1, 0.15) is 6.42 Å². The van der Waals surface area contributed by atoms with Gasteiger partial charge in [0.2, 0.25) is 0 Å². The normalized spacial score (nSPS) is 11.6. The van der Waals surface area contributed by atoms with Gasteiger partial charge in [0.05, 0.1) is 12.8 Å². The van der Waals surface area contributed by atoms with E-state index in [0.717, 1.165) is 0 Å². The topological polar surface area (TPSA) is 75.9 Å². The lowest BCUT2D eigenvalue weighted by molar-refractivity contribution is 0.415. The first-order chi connectivity index (χ1) is 8.93. The summed E-state index contributed by atoms with van der Waals surface area (Å²) in [5.74, 6) is 0.686. The van der Waals surface area contributed by atoms with Gasteiger partial charge in [-0.1, -0.05) is 0 Å². The molecule has 0 fully saturated rings. The van der Waals surface area contributed by atoms with Crippen LogP contribution in [0.15, 0.2) is 24.3 Å². The zero-order chi connectivity index (χ0) is 14.5. The standard InChI is InChI=1S/C12H21N3O3S/c1-14(10-4-9-13)19(16,17)15(2)11-5-7-12(18-3)8-6-11/h5-8H,4,9-10,13H2,1-3H3. The van der Waals surface area contributed by atoms with Gasteiger partial charge in [0.1, 0.15) is 5.75 Å². The number of ether oxygens (including phenoxy) is 1. The molecular weight excluding hydrogens is 266 g/mol. The summed E-state index contributed by atoms with van der Waals surface area (Å²) in [5.41, 5.74) is 5.97. The third-order valence-electron chi connectivity index (χ3n) is 2.85. The Morgan fingerprint density at radius 1 is 1.21 bits per heavy atom. The van der Waals surface area contributed by atoms with Crippen molar-refractivity contribution >= 4 is 15.9 Å². The molecule has 0 heterocycles. The number of hydrogen-bond donors (Lipinski definition) is 1. The molecule has 0 amide bonds. The molecule has 1 rings (SSSR count). The molecule has 0 bridgehead atoms. The Morgan fingerprint density at radius 2 is 1.79 bits per heavy atom. The third-order valence-corrected chi connectivity index (χ3v) is 4.73. The molecule has 0 saturated carbocycles. The number of rotatable bonds is 7. The molecule has 6 nitrogen and oxygen atoms in total. The second-order valence-corrected chi connectivity index (χ2v) is 6.20. The van der Waals surface area contributed by atoms with Crippen LogP contribution in [-0.2, 0) is 10.2 Å². The van der Waals surface area contributed by atoms with Gasteiger partial charge in [0.25, 0.3) is 0 Å². The van der Waals surface area contributed by atoms with Crippen LogP contribution >= 0.6 is 0 Å². The van der Waals surface area contributed by atoms with Crippen LogP contribution in [0.3, 0.4) is 0 Å². The number of nitrogens with zero attached hydrogens (tertiary/aromatic N) is 2. The summed E-state index contributed by atoms with van der Waals surface area (Å²) in [4.78, 5) is 0. The molecule has 0 aliphatic rings. The van der Waals surface area contributed by atoms with Crippen molar-refractivity contribution in [3.05, 3.63) is 24.3 Å². The first-order valence-corrected chi connectivity index (χ1v) is 7.37. The Hall–Kier alpha value is -1.31. The monoisotopic (exact) mass is 287 g/mol. The van der Waals surface area contributed by atoms with Crippen LogP contribution in [0, 0.1) is 0 Å². The molecule has 0 unspecified atom stereocenters. The number of anilines is 1. The van der Waals surface area contributed by atoms with Gasteiger partial charge in [-0.05, 0) is 37.2 Å². The summed E-state index contributed by atoms with van der Waals surface area (Å²) in [7, 11) is 1.12. The second-order valence-electron chi connectivity index (χ2n) is 4.14. The minimum absolute atomic E-state index is 0.402. The van der Waals surface area contributed by atoms with Crippen molar-refractivity contribution in [1.29, 1.82) is 0 Å². The molecule has 2 N–H and O–H groups in total. The van der Waals surface area contributed by atoms with Crippen molar-refractivity contribution in [3.8, 4) is 5.75 Å². The maximum Gasteiger partial charge on any atom is 0.303 e. The van der Waals surface area contributed by atoms with E-state index < -0.39 is 10.2 Å². The average molecular weight is 287 g/mol. The zero-order valence-corrected chi connectivity index (χ0v) is 12.4. The molecule has 0 aromatic heterocycles. The molecule has 7 heteroatoms. The van der Waals surface area contributed by atoms with Crippen LogP contribution in [-0.4, -0.2) is 47.0 Å². The highest BCUT2D eigenvalue weighted by Gasteiger charge is 2.23. The maximum atomic E-state index is 12.3. The molecule has 1 aromatic rings. The Balaban J connectivity index is 2.87. The second kappa shape index (κ2) is 6.74. The van der Waals surface area contributed by atoms with E-state index >= 15 is 0 Å². The largest absolute Gasteiger partial charge is 0.497 e. The van der Waals surface area contributed by atoms with Gasteiger partial charge in [-0.25, -0.2) is 0 Å². The Morgan fingerprint density at radius 3 is 2.26 bits per heavy atom. The summed E-state index contributed by atoms with van der Waals surface area (Å²) in [6.07, 6.45) is 0.631. The first kappa shape index (κ1) is 15.7. The van der Waals surface area contributed by atoms with Gasteiger partial charge in [-0.2, -0.15) is 12.7 Å². The van der Waals surface area contributed by atoms with Gasteiger partial charge in [-0.3, -0.25) is 4.31 Å². The Kier molecular flexibility index (Phi) is 5.59. The van der Waals surface area contributed by atoms with Crippen molar-refractivity contribution in [2.75, 3.05) is 38.6 Å². The molecule has 0 radical (unpaired) electrons. The van der Waals surface area contributed by atoms with Gasteiger partial charge in [0.15, 0.2) is 0 Å². The van der Waals surface area contributed by atoms with E-state index in [1.54, 1.807) is 38.4 Å². The number of benzene rings is 1. The van der Waals surface area contributed by atoms with Crippen LogP contribution in [0.25, 0.3) is 0 Å². The van der Waals surface area contributed by atoms with Crippen molar-refractivity contribution < 1.29 is 13.2 Å². The van der Waals surface area contributed by atoms with E-state index in [0.29, 0.717) is 30.9 Å². The molecule has 1 aromatic carbocycles. The van der Waals surface area contributed by atoms with E-state index in [1.165, 1.54) is 15.7 Å². The van der Waals surface area contributed by atoms with Crippen molar-refractivity contribution in [1.82, 2.24) is 4.31 Å². The van der Waals surface area contributed by atoms with E-state index in [1.807, 2.05) is 0 Å². The lowest BCUT2D eigenvalue weighted by atomic mass is 10.3. The van der Waals surface area contributed by atoms with Gasteiger partial charge in [0, 0.05) is 20.6 Å². The lowest BCUT2D eigenvalue weighted by Gasteiger charge is -2.25. The number of methoxy groups -OCH3 is 1. The number of nitrogens with two attached hydrogens (primary N) is 1. The Bertz CT molecular complexity index is 487. The summed E-state index contributed by atoms with van der Waals surface area (Å²) in [5, 5.41) is 0. The van der Waals surface area contributed by atoms with Crippen molar-refractivity contribution in [2.24, 2.45) is 5.73 Å². The predicted octanol–water partition coefficient (Wildman–Crippen LogP) is 0.657. The number of hydrogen-bond acceptors (Lipinski definition) is 4. The highest BCUT2D eigenvalue weighted by Crippen LogP contribution is 2.21. The fourth-order valence-corrected chi connectivity index (χ4v) is 2.73. The van der Waals surface area contributed by atoms with Crippen molar-refractivity contribution in [3.63, 3.8) is 0 Å². The van der Waals surface area contributed by atoms with E-state index in [9.17, 15) is 8.42 Å². The lowest BCUT2D eigenvalue weighted by Crippen LogP contribution is -2.40. The molecule has 19 heavy (non-hydrogen) atoms. The van der Waals surface area contributed by atoms with Gasteiger partial charge in [-0.15, -0.1) is 0 Å². The van der Waals surface area contributed by atoms with Crippen LogP contribution in [0.2, 0.25) is 0 Å². The van der Waals surface area contributed by atoms with E-state index in [2.05, 4.69) is 0 Å². The molecule has 0 aliphatic carbocycles. The molecule has 0 saturated heterocycles. The summed E-state index contributed by atoms with van der Waals surface area (Å²) >= 11 is 0. The quantitative estimate of drug-likeness (QED) is 0.799. The summed E-state index contributed by atoms with van der Waals surface area (Å²) in [6.45, 7) is 0.867. The molecule has 108 valence electrons. The van der Waals surface area contributed by atoms with Crippen LogP contribution in [0.4, 0.5) is 5.69 Å². The molecule has 0 atom stereocenters. The summed E-state index contributed by atoms with van der Waals surface area (Å²) in [6, 6.07) is 6.85.